The van der Waals surface area contributed by atoms with Gasteiger partial charge in [0.1, 0.15) is 5.82 Å². The third-order valence-electron chi connectivity index (χ3n) is 4.72. The van der Waals surface area contributed by atoms with Crippen LogP contribution < -0.4 is 5.56 Å². The Morgan fingerprint density at radius 2 is 1.88 bits per heavy atom. The van der Waals surface area contributed by atoms with Crippen LogP contribution >= 0.6 is 11.6 Å². The highest BCUT2D eigenvalue weighted by Crippen LogP contribution is 2.44. The van der Waals surface area contributed by atoms with Gasteiger partial charge in [0.2, 0.25) is 0 Å². The third-order valence-corrected chi connectivity index (χ3v) is 4.97. The molecule has 2 unspecified atom stereocenters. The van der Waals surface area contributed by atoms with E-state index in [-0.39, 0.29) is 24.3 Å². The highest BCUT2D eigenvalue weighted by atomic mass is 35.5. The minimum Gasteiger partial charge on any atom is -0.310 e. The molecule has 2 atom stereocenters. The van der Waals surface area contributed by atoms with Crippen molar-refractivity contribution in [1.29, 1.82) is 0 Å². The quantitative estimate of drug-likeness (QED) is 0.786. The van der Waals surface area contributed by atoms with Gasteiger partial charge in [-0.3, -0.25) is 4.79 Å². The van der Waals surface area contributed by atoms with Crippen LogP contribution in [0.1, 0.15) is 43.1 Å². The fourth-order valence-electron chi connectivity index (χ4n) is 3.53. The third kappa shape index (κ3) is 3.89. The largest absolute Gasteiger partial charge is 0.391 e. The molecule has 25 heavy (non-hydrogen) atoms. The van der Waals surface area contributed by atoms with Crippen LogP contribution in [0.2, 0.25) is 5.02 Å². The van der Waals surface area contributed by atoms with E-state index in [0.717, 1.165) is 0 Å². The Hall–Kier alpha value is -1.82. The zero-order valence-electron chi connectivity index (χ0n) is 13.7. The van der Waals surface area contributed by atoms with Gasteiger partial charge in [0.15, 0.2) is 0 Å². The molecule has 1 saturated carbocycles. The average molecular weight is 371 g/mol. The second-order valence-electron chi connectivity index (χ2n) is 6.52. The van der Waals surface area contributed by atoms with E-state index in [0.29, 0.717) is 40.5 Å². The van der Waals surface area contributed by atoms with Gasteiger partial charge in [-0.15, -0.1) is 0 Å². The summed E-state index contributed by atoms with van der Waals surface area (Å²) in [6, 6.07) is 6.69. The van der Waals surface area contributed by atoms with Crippen LogP contribution in [0.4, 0.5) is 13.2 Å². The molecule has 0 aliphatic heterocycles. The normalized spacial score (nSPS) is 21.3. The molecule has 1 aromatic heterocycles. The lowest BCUT2D eigenvalue weighted by Gasteiger charge is -2.31. The van der Waals surface area contributed by atoms with Crippen molar-refractivity contribution >= 4 is 11.6 Å². The topological polar surface area (TPSA) is 45.8 Å². The molecule has 3 rings (SSSR count). The van der Waals surface area contributed by atoms with Gasteiger partial charge in [-0.25, -0.2) is 4.98 Å². The number of rotatable bonds is 2. The molecule has 1 aliphatic rings. The molecule has 0 radical (unpaired) electrons. The van der Waals surface area contributed by atoms with Gasteiger partial charge in [0.25, 0.3) is 5.56 Å². The van der Waals surface area contributed by atoms with E-state index < -0.39 is 12.1 Å². The predicted molar refractivity (Wildman–Crippen MR) is 90.8 cm³/mol. The number of benzene rings is 1. The molecule has 3 nitrogen and oxygen atoms in total. The standard InChI is InChI=1S/C18H18ClF3N2O/c1-10-23-16(12-3-2-4-13(9-12)18(20,21)22)15(17(25)24-10)11-5-7-14(19)8-6-11/h5-8,12-13H,2-4,9H2,1H3,(H,23,24,25). The van der Waals surface area contributed by atoms with E-state index in [1.165, 1.54) is 0 Å². The second-order valence-corrected chi connectivity index (χ2v) is 6.96. The molecule has 1 aromatic carbocycles. The van der Waals surface area contributed by atoms with Crippen molar-refractivity contribution in [2.75, 3.05) is 0 Å². The number of aromatic nitrogens is 2. The number of nitrogens with zero attached hydrogens (tertiary/aromatic N) is 1. The van der Waals surface area contributed by atoms with Crippen molar-refractivity contribution < 1.29 is 13.2 Å². The van der Waals surface area contributed by atoms with E-state index in [2.05, 4.69) is 9.97 Å². The highest BCUT2D eigenvalue weighted by molar-refractivity contribution is 6.30. The molecule has 0 saturated heterocycles. The lowest BCUT2D eigenvalue weighted by atomic mass is 9.78. The van der Waals surface area contributed by atoms with E-state index in [1.807, 2.05) is 0 Å². The monoisotopic (exact) mass is 370 g/mol. The number of hydrogen-bond acceptors (Lipinski definition) is 2. The first-order valence-electron chi connectivity index (χ1n) is 8.19. The summed E-state index contributed by atoms with van der Waals surface area (Å²) >= 11 is 5.90. The fourth-order valence-corrected chi connectivity index (χ4v) is 3.66. The maximum atomic E-state index is 13.2. The summed E-state index contributed by atoms with van der Waals surface area (Å²) in [5.41, 5.74) is 1.08. The van der Waals surface area contributed by atoms with Crippen molar-refractivity contribution in [1.82, 2.24) is 9.97 Å². The molecule has 1 heterocycles. The molecule has 7 heteroatoms. The predicted octanol–water partition coefficient (Wildman–Crippen LogP) is 5.23. The molecule has 134 valence electrons. The van der Waals surface area contributed by atoms with Gasteiger partial charge < -0.3 is 4.98 Å². The number of H-pyrrole nitrogens is 1. The van der Waals surface area contributed by atoms with Crippen LogP contribution in [0.3, 0.4) is 0 Å². The van der Waals surface area contributed by atoms with Gasteiger partial charge in [-0.2, -0.15) is 13.2 Å². The first-order valence-corrected chi connectivity index (χ1v) is 8.57. The van der Waals surface area contributed by atoms with Crippen molar-refractivity contribution in [3.05, 3.63) is 51.2 Å². The van der Waals surface area contributed by atoms with Crippen molar-refractivity contribution in [3.63, 3.8) is 0 Å². The molecule has 1 fully saturated rings. The molecular formula is C18H18ClF3N2O. The summed E-state index contributed by atoms with van der Waals surface area (Å²) in [4.78, 5) is 19.6. The lowest BCUT2D eigenvalue weighted by Crippen LogP contribution is -2.29. The number of aryl methyl sites for hydroxylation is 1. The van der Waals surface area contributed by atoms with Crippen LogP contribution in [-0.2, 0) is 0 Å². The van der Waals surface area contributed by atoms with E-state index in [4.69, 9.17) is 11.6 Å². The Balaban J connectivity index is 2.06. The summed E-state index contributed by atoms with van der Waals surface area (Å²) in [6.45, 7) is 1.64. The van der Waals surface area contributed by atoms with E-state index in [9.17, 15) is 18.0 Å². The smallest absolute Gasteiger partial charge is 0.310 e. The molecule has 0 bridgehead atoms. The first-order chi connectivity index (χ1) is 11.8. The molecule has 1 aliphatic carbocycles. The number of aromatic amines is 1. The zero-order valence-corrected chi connectivity index (χ0v) is 14.4. The number of nitrogens with one attached hydrogen (secondary N) is 1. The highest BCUT2D eigenvalue weighted by Gasteiger charge is 2.43. The summed E-state index contributed by atoms with van der Waals surface area (Å²) in [6.07, 6.45) is -3.03. The van der Waals surface area contributed by atoms with Crippen molar-refractivity contribution in [3.8, 4) is 11.1 Å². The zero-order chi connectivity index (χ0) is 18.2. The maximum absolute atomic E-state index is 13.2. The van der Waals surface area contributed by atoms with Crippen LogP contribution in [0.15, 0.2) is 29.1 Å². The minimum atomic E-state index is -4.21. The fraction of sp³-hybridized carbons (Fsp3) is 0.444. The van der Waals surface area contributed by atoms with E-state index in [1.54, 1.807) is 31.2 Å². The Kier molecular flexibility index (Phi) is 4.91. The van der Waals surface area contributed by atoms with Gasteiger partial charge >= 0.3 is 6.18 Å². The Morgan fingerprint density at radius 1 is 1.20 bits per heavy atom. The lowest BCUT2D eigenvalue weighted by molar-refractivity contribution is -0.183. The molecule has 0 amide bonds. The Bertz CT molecular complexity index is 815. The number of hydrogen-bond donors (Lipinski definition) is 1. The Labute approximate surface area is 148 Å². The van der Waals surface area contributed by atoms with Gasteiger partial charge in [-0.05, 0) is 43.9 Å². The summed E-state index contributed by atoms with van der Waals surface area (Å²) in [7, 11) is 0. The number of halogens is 4. The van der Waals surface area contributed by atoms with E-state index >= 15 is 0 Å². The summed E-state index contributed by atoms with van der Waals surface area (Å²) in [5.74, 6) is -1.32. The molecule has 1 N–H and O–H groups in total. The van der Waals surface area contributed by atoms with Crippen LogP contribution in [0.5, 0.6) is 0 Å². The van der Waals surface area contributed by atoms with Gasteiger partial charge in [0, 0.05) is 10.9 Å². The Morgan fingerprint density at radius 3 is 2.52 bits per heavy atom. The van der Waals surface area contributed by atoms with Crippen LogP contribution in [-0.4, -0.2) is 16.1 Å². The summed E-state index contributed by atoms with van der Waals surface area (Å²) in [5, 5.41) is 0.525. The second kappa shape index (κ2) is 6.83. The first kappa shape index (κ1) is 18.0. The van der Waals surface area contributed by atoms with Crippen LogP contribution in [0.25, 0.3) is 11.1 Å². The number of alkyl halides is 3. The summed E-state index contributed by atoms with van der Waals surface area (Å²) < 4.78 is 39.5. The van der Waals surface area contributed by atoms with Gasteiger partial charge in [0.05, 0.1) is 17.2 Å². The average Bonchev–Trinajstić information content (AvgIpc) is 2.55. The molecular weight excluding hydrogens is 353 g/mol. The SMILES string of the molecule is Cc1nc(C2CCCC(C(F)(F)F)C2)c(-c2ccc(Cl)cc2)c(=O)[nH]1. The molecule has 2 aromatic rings. The minimum absolute atomic E-state index is 0.0278. The molecule has 0 spiro atoms. The van der Waals surface area contributed by atoms with Crippen LogP contribution in [0, 0.1) is 12.8 Å². The van der Waals surface area contributed by atoms with Gasteiger partial charge in [-0.1, -0.05) is 30.2 Å². The van der Waals surface area contributed by atoms with Crippen molar-refractivity contribution in [2.45, 2.75) is 44.7 Å². The van der Waals surface area contributed by atoms with Crippen molar-refractivity contribution in [2.24, 2.45) is 5.92 Å². The maximum Gasteiger partial charge on any atom is 0.391 e.